The molecule has 202 valence electrons. The van der Waals surface area contributed by atoms with E-state index in [1.54, 1.807) is 49.4 Å². The van der Waals surface area contributed by atoms with Crippen molar-refractivity contribution in [3.05, 3.63) is 90.0 Å². The van der Waals surface area contributed by atoms with Crippen LogP contribution in [0.2, 0.25) is 0 Å². The first-order chi connectivity index (χ1) is 18.2. The molecular formula is C29H35N3O5S. The van der Waals surface area contributed by atoms with Gasteiger partial charge in [-0.3, -0.25) is 13.9 Å². The largest absolute Gasteiger partial charge is 0.492 e. The maximum Gasteiger partial charge on any atom is 0.264 e. The van der Waals surface area contributed by atoms with Crippen LogP contribution < -0.4 is 14.4 Å². The van der Waals surface area contributed by atoms with E-state index in [1.165, 1.54) is 24.1 Å². The van der Waals surface area contributed by atoms with Gasteiger partial charge in [-0.25, -0.2) is 8.42 Å². The topological polar surface area (TPSA) is 96.0 Å². The van der Waals surface area contributed by atoms with Crippen LogP contribution >= 0.6 is 0 Å². The van der Waals surface area contributed by atoms with E-state index >= 15 is 0 Å². The molecule has 0 aliphatic carbocycles. The van der Waals surface area contributed by atoms with Gasteiger partial charge in [0.15, 0.2) is 0 Å². The SMILES string of the molecule is CCOc1ccccc1N(CC(=O)N(Cc1cccc(C)c1)C(CC)C(=O)NC)S(=O)(=O)c1ccccc1. The molecule has 0 spiro atoms. The number of likely N-dealkylation sites (N-methyl/N-ethyl adjacent to an activating group) is 1. The zero-order valence-electron chi connectivity index (χ0n) is 22.3. The van der Waals surface area contributed by atoms with Crippen LogP contribution in [0.4, 0.5) is 5.69 Å². The molecule has 0 saturated carbocycles. The molecule has 38 heavy (non-hydrogen) atoms. The molecule has 1 unspecified atom stereocenters. The summed E-state index contributed by atoms with van der Waals surface area (Å²) in [4.78, 5) is 28.3. The summed E-state index contributed by atoms with van der Waals surface area (Å²) in [7, 11) is -2.64. The van der Waals surface area contributed by atoms with E-state index in [-0.39, 0.29) is 23.0 Å². The van der Waals surface area contributed by atoms with Crippen molar-refractivity contribution < 1.29 is 22.7 Å². The van der Waals surface area contributed by atoms with Gasteiger partial charge in [0.25, 0.3) is 10.0 Å². The first-order valence-corrected chi connectivity index (χ1v) is 14.0. The molecule has 0 saturated heterocycles. The number of benzene rings is 3. The predicted octanol–water partition coefficient (Wildman–Crippen LogP) is 4.14. The Hall–Kier alpha value is -3.85. The normalized spacial score (nSPS) is 11.9. The Morgan fingerprint density at radius 1 is 0.947 bits per heavy atom. The van der Waals surface area contributed by atoms with E-state index in [0.717, 1.165) is 15.4 Å². The second kappa shape index (κ2) is 13.1. The number of amides is 2. The third-order valence-electron chi connectivity index (χ3n) is 6.11. The van der Waals surface area contributed by atoms with Crippen LogP contribution in [0.5, 0.6) is 5.75 Å². The van der Waals surface area contributed by atoms with Gasteiger partial charge in [0.1, 0.15) is 18.3 Å². The molecule has 0 aliphatic heterocycles. The quantitative estimate of drug-likeness (QED) is 0.375. The molecule has 3 aromatic rings. The van der Waals surface area contributed by atoms with Crippen molar-refractivity contribution in [3.63, 3.8) is 0 Å². The van der Waals surface area contributed by atoms with Crippen LogP contribution in [-0.4, -0.2) is 51.4 Å². The van der Waals surface area contributed by atoms with Gasteiger partial charge < -0.3 is 15.0 Å². The van der Waals surface area contributed by atoms with Gasteiger partial charge in [-0.1, -0.05) is 67.1 Å². The molecule has 8 nitrogen and oxygen atoms in total. The number of hydrogen-bond acceptors (Lipinski definition) is 5. The smallest absolute Gasteiger partial charge is 0.264 e. The van der Waals surface area contributed by atoms with Gasteiger partial charge in [-0.05, 0) is 50.1 Å². The number of nitrogens with one attached hydrogen (secondary N) is 1. The number of para-hydroxylation sites is 2. The van der Waals surface area contributed by atoms with Crippen molar-refractivity contribution in [1.82, 2.24) is 10.2 Å². The standard InChI is InChI=1S/C29H35N3O5S/c1-5-25(29(34)30-4)31(20-23-14-12-13-22(3)19-23)28(33)21-32(26-17-10-11-18-27(26)37-6-2)38(35,36)24-15-8-7-9-16-24/h7-19,25H,5-6,20-21H2,1-4H3,(H,30,34). The molecule has 0 aromatic heterocycles. The summed E-state index contributed by atoms with van der Waals surface area (Å²) >= 11 is 0. The van der Waals surface area contributed by atoms with Crippen LogP contribution in [0, 0.1) is 6.92 Å². The van der Waals surface area contributed by atoms with Gasteiger partial charge in [-0.2, -0.15) is 0 Å². The fourth-order valence-electron chi connectivity index (χ4n) is 4.27. The Bertz CT molecular complexity index is 1350. The number of hydrogen-bond donors (Lipinski definition) is 1. The number of rotatable bonds is 12. The van der Waals surface area contributed by atoms with Gasteiger partial charge in [-0.15, -0.1) is 0 Å². The summed E-state index contributed by atoms with van der Waals surface area (Å²) in [6.07, 6.45) is 0.359. The fraction of sp³-hybridized carbons (Fsp3) is 0.310. The summed E-state index contributed by atoms with van der Waals surface area (Å²) in [6.45, 7) is 5.53. The third-order valence-corrected chi connectivity index (χ3v) is 7.89. The summed E-state index contributed by atoms with van der Waals surface area (Å²) in [5, 5.41) is 2.63. The lowest BCUT2D eigenvalue weighted by Crippen LogP contribution is -2.51. The molecule has 9 heteroatoms. The minimum absolute atomic E-state index is 0.0441. The molecule has 3 rings (SSSR count). The Kier molecular flexibility index (Phi) is 9.90. The molecule has 0 heterocycles. The van der Waals surface area contributed by atoms with Crippen molar-refractivity contribution in [3.8, 4) is 5.75 Å². The highest BCUT2D eigenvalue weighted by molar-refractivity contribution is 7.92. The second-order valence-corrected chi connectivity index (χ2v) is 10.6. The molecule has 0 aliphatic rings. The van der Waals surface area contributed by atoms with E-state index in [1.807, 2.05) is 38.1 Å². The van der Waals surface area contributed by atoms with Crippen molar-refractivity contribution in [2.45, 2.75) is 44.7 Å². The Morgan fingerprint density at radius 3 is 2.26 bits per heavy atom. The number of sulfonamides is 1. The van der Waals surface area contributed by atoms with Gasteiger partial charge in [0.05, 0.1) is 17.2 Å². The molecule has 0 fully saturated rings. The summed E-state index contributed by atoms with van der Waals surface area (Å²) < 4.78 is 34.6. The van der Waals surface area contributed by atoms with Gasteiger partial charge in [0, 0.05) is 13.6 Å². The minimum Gasteiger partial charge on any atom is -0.492 e. The summed E-state index contributed by atoms with van der Waals surface area (Å²) in [5.74, 6) is -0.487. The summed E-state index contributed by atoms with van der Waals surface area (Å²) in [5.41, 5.74) is 2.10. The zero-order valence-corrected chi connectivity index (χ0v) is 23.1. The Balaban J connectivity index is 2.10. The van der Waals surface area contributed by atoms with E-state index in [9.17, 15) is 18.0 Å². The van der Waals surface area contributed by atoms with Gasteiger partial charge >= 0.3 is 0 Å². The first kappa shape index (κ1) is 28.7. The van der Waals surface area contributed by atoms with E-state index in [2.05, 4.69) is 5.32 Å². The maximum atomic E-state index is 14.0. The second-order valence-electron chi connectivity index (χ2n) is 8.77. The highest BCUT2D eigenvalue weighted by atomic mass is 32.2. The number of nitrogens with zero attached hydrogens (tertiary/aromatic N) is 2. The first-order valence-electron chi connectivity index (χ1n) is 12.6. The van der Waals surface area contributed by atoms with Crippen LogP contribution in [0.3, 0.4) is 0 Å². The van der Waals surface area contributed by atoms with Crippen molar-refractivity contribution in [2.24, 2.45) is 0 Å². The van der Waals surface area contributed by atoms with Crippen molar-refractivity contribution in [2.75, 3.05) is 24.5 Å². The number of ether oxygens (including phenoxy) is 1. The average Bonchev–Trinajstić information content (AvgIpc) is 2.92. The molecule has 2 amide bonds. The number of carbonyl (C=O) groups excluding carboxylic acids is 2. The minimum atomic E-state index is -4.16. The zero-order chi connectivity index (χ0) is 27.7. The van der Waals surface area contributed by atoms with Crippen LogP contribution in [0.15, 0.2) is 83.8 Å². The Labute approximate surface area is 225 Å². The fourth-order valence-corrected chi connectivity index (χ4v) is 5.71. The van der Waals surface area contributed by atoms with E-state index < -0.39 is 28.5 Å². The third kappa shape index (κ3) is 6.72. The lowest BCUT2D eigenvalue weighted by atomic mass is 10.1. The predicted molar refractivity (Wildman–Crippen MR) is 148 cm³/mol. The van der Waals surface area contributed by atoms with E-state index in [4.69, 9.17) is 4.74 Å². The Morgan fingerprint density at radius 2 is 1.63 bits per heavy atom. The number of aryl methyl sites for hydroxylation is 1. The molecule has 1 atom stereocenters. The van der Waals surface area contributed by atoms with Crippen LogP contribution in [0.25, 0.3) is 0 Å². The summed E-state index contributed by atoms with van der Waals surface area (Å²) in [6, 6.07) is 21.6. The van der Waals surface area contributed by atoms with Crippen molar-refractivity contribution in [1.29, 1.82) is 0 Å². The molecular weight excluding hydrogens is 502 g/mol. The molecule has 0 bridgehead atoms. The molecule has 0 radical (unpaired) electrons. The lowest BCUT2D eigenvalue weighted by molar-refractivity contribution is -0.140. The monoisotopic (exact) mass is 537 g/mol. The molecule has 3 aromatic carbocycles. The molecule has 1 N–H and O–H groups in total. The van der Waals surface area contributed by atoms with E-state index in [0.29, 0.717) is 18.8 Å². The lowest BCUT2D eigenvalue weighted by Gasteiger charge is -2.33. The average molecular weight is 538 g/mol. The highest BCUT2D eigenvalue weighted by Gasteiger charge is 2.34. The number of anilines is 1. The maximum absolute atomic E-state index is 14.0. The number of carbonyl (C=O) groups is 2. The van der Waals surface area contributed by atoms with Crippen molar-refractivity contribution >= 4 is 27.5 Å². The van der Waals surface area contributed by atoms with Crippen LogP contribution in [0.1, 0.15) is 31.4 Å². The van der Waals surface area contributed by atoms with Crippen LogP contribution in [-0.2, 0) is 26.2 Å². The van der Waals surface area contributed by atoms with Gasteiger partial charge in [0.2, 0.25) is 11.8 Å². The highest BCUT2D eigenvalue weighted by Crippen LogP contribution is 2.33.